The highest BCUT2D eigenvalue weighted by Gasteiger charge is 2.21. The molecule has 12 heavy (non-hydrogen) atoms. The van der Waals surface area contributed by atoms with Crippen molar-refractivity contribution in [1.29, 1.82) is 0 Å². The monoisotopic (exact) mass is 164 g/mol. The fourth-order valence-corrected chi connectivity index (χ4v) is 1.71. The van der Waals surface area contributed by atoms with E-state index < -0.39 is 0 Å². The second-order valence-corrected chi connectivity index (χ2v) is 3.22. The summed E-state index contributed by atoms with van der Waals surface area (Å²) in [6.45, 7) is 0. The van der Waals surface area contributed by atoms with Gasteiger partial charge in [0.2, 0.25) is 0 Å². The molecule has 1 aliphatic heterocycles. The number of hydrogen-bond acceptors (Lipinski definition) is 3. The third kappa shape index (κ3) is 1.11. The molecule has 0 saturated carbocycles. The molecule has 0 amide bonds. The highest BCUT2D eigenvalue weighted by molar-refractivity contribution is 5.97. The molecule has 0 aromatic heterocycles. The van der Waals surface area contributed by atoms with Crippen molar-refractivity contribution in [2.24, 2.45) is 5.73 Å². The maximum absolute atomic E-state index is 11.4. The molecule has 0 aromatic carbocycles. The summed E-state index contributed by atoms with van der Waals surface area (Å²) in [5.74, 6) is 0.968. The van der Waals surface area contributed by atoms with Crippen molar-refractivity contribution < 1.29 is 4.79 Å². The first-order chi connectivity index (χ1) is 5.77. The van der Waals surface area contributed by atoms with Gasteiger partial charge < -0.3 is 11.1 Å². The van der Waals surface area contributed by atoms with Gasteiger partial charge in [0, 0.05) is 17.7 Å². The van der Waals surface area contributed by atoms with Crippen LogP contribution in [0.1, 0.15) is 25.7 Å². The molecule has 0 aromatic rings. The molecule has 0 spiro atoms. The van der Waals surface area contributed by atoms with Crippen LogP contribution in [0.5, 0.6) is 0 Å². The molecule has 3 N–H and O–H groups in total. The van der Waals surface area contributed by atoms with E-state index in [1.807, 2.05) is 6.08 Å². The van der Waals surface area contributed by atoms with Gasteiger partial charge in [-0.1, -0.05) is 0 Å². The SMILES string of the molecule is NC1=CCC2=C(CCCC2=O)N1. The van der Waals surface area contributed by atoms with Crippen molar-refractivity contribution >= 4 is 5.78 Å². The first-order valence-corrected chi connectivity index (χ1v) is 4.25. The molecule has 1 aliphatic carbocycles. The van der Waals surface area contributed by atoms with Crippen LogP contribution >= 0.6 is 0 Å². The summed E-state index contributed by atoms with van der Waals surface area (Å²) in [5, 5.41) is 3.05. The predicted molar refractivity (Wildman–Crippen MR) is 45.9 cm³/mol. The summed E-state index contributed by atoms with van der Waals surface area (Å²) in [6.07, 6.45) is 5.21. The molecule has 0 saturated heterocycles. The van der Waals surface area contributed by atoms with Gasteiger partial charge in [0.15, 0.2) is 5.78 Å². The Labute approximate surface area is 71.3 Å². The summed E-state index contributed by atoms with van der Waals surface area (Å²) in [6, 6.07) is 0. The van der Waals surface area contributed by atoms with Gasteiger partial charge in [0.1, 0.15) is 0 Å². The van der Waals surface area contributed by atoms with E-state index in [4.69, 9.17) is 5.73 Å². The van der Waals surface area contributed by atoms with Crippen LogP contribution in [0.2, 0.25) is 0 Å². The topological polar surface area (TPSA) is 55.1 Å². The number of nitrogens with one attached hydrogen (secondary N) is 1. The third-order valence-corrected chi connectivity index (χ3v) is 2.35. The Morgan fingerprint density at radius 1 is 1.42 bits per heavy atom. The van der Waals surface area contributed by atoms with Crippen molar-refractivity contribution in [3.05, 3.63) is 23.2 Å². The molecule has 0 bridgehead atoms. The summed E-state index contributed by atoms with van der Waals surface area (Å²) < 4.78 is 0. The Morgan fingerprint density at radius 3 is 3.08 bits per heavy atom. The Bertz CT molecular complexity index is 289. The lowest BCUT2D eigenvalue weighted by atomic mass is 9.91. The standard InChI is InChI=1S/C9H12N2O/c10-9-5-4-6-7(11-9)2-1-3-8(6)12/h5,11H,1-4,10H2. The van der Waals surface area contributed by atoms with E-state index in [2.05, 4.69) is 5.32 Å². The lowest BCUT2D eigenvalue weighted by Crippen LogP contribution is -2.28. The number of Topliss-reactive ketones (excluding diaryl/α,β-unsaturated/α-hetero) is 1. The summed E-state index contributed by atoms with van der Waals surface area (Å²) >= 11 is 0. The molecule has 2 aliphatic rings. The largest absolute Gasteiger partial charge is 0.386 e. The van der Waals surface area contributed by atoms with Gasteiger partial charge in [-0.3, -0.25) is 4.79 Å². The fraction of sp³-hybridized carbons (Fsp3) is 0.444. The molecular weight excluding hydrogens is 152 g/mol. The Morgan fingerprint density at radius 2 is 2.25 bits per heavy atom. The molecule has 3 heteroatoms. The van der Waals surface area contributed by atoms with Crippen LogP contribution in [-0.2, 0) is 4.79 Å². The van der Waals surface area contributed by atoms with E-state index >= 15 is 0 Å². The zero-order chi connectivity index (χ0) is 8.55. The highest BCUT2D eigenvalue weighted by atomic mass is 16.1. The minimum atomic E-state index is 0.285. The number of nitrogens with two attached hydrogens (primary N) is 1. The zero-order valence-corrected chi connectivity index (χ0v) is 6.89. The van der Waals surface area contributed by atoms with Crippen LogP contribution < -0.4 is 11.1 Å². The van der Waals surface area contributed by atoms with Crippen molar-refractivity contribution in [3.8, 4) is 0 Å². The maximum Gasteiger partial charge on any atom is 0.160 e. The van der Waals surface area contributed by atoms with Crippen LogP contribution in [0.4, 0.5) is 0 Å². The van der Waals surface area contributed by atoms with Gasteiger partial charge in [0.05, 0.1) is 5.82 Å². The van der Waals surface area contributed by atoms with Crippen LogP contribution in [0.15, 0.2) is 23.2 Å². The molecule has 0 radical (unpaired) electrons. The quantitative estimate of drug-likeness (QED) is 0.556. The number of carbonyl (C=O) groups excluding carboxylic acids is 1. The summed E-state index contributed by atoms with van der Waals surface area (Å²) in [5.41, 5.74) is 7.58. The van der Waals surface area contributed by atoms with E-state index in [9.17, 15) is 4.79 Å². The third-order valence-electron chi connectivity index (χ3n) is 2.35. The Hall–Kier alpha value is -1.25. The molecule has 64 valence electrons. The summed E-state index contributed by atoms with van der Waals surface area (Å²) in [4.78, 5) is 11.4. The van der Waals surface area contributed by atoms with Gasteiger partial charge in [-0.15, -0.1) is 0 Å². The van der Waals surface area contributed by atoms with Crippen LogP contribution in [0.25, 0.3) is 0 Å². The van der Waals surface area contributed by atoms with Gasteiger partial charge in [-0.2, -0.15) is 0 Å². The van der Waals surface area contributed by atoms with E-state index in [1.165, 1.54) is 0 Å². The first-order valence-electron chi connectivity index (χ1n) is 4.25. The molecule has 1 heterocycles. The number of carbonyl (C=O) groups is 1. The van der Waals surface area contributed by atoms with Gasteiger partial charge >= 0.3 is 0 Å². The molecule has 0 atom stereocenters. The second-order valence-electron chi connectivity index (χ2n) is 3.22. The van der Waals surface area contributed by atoms with E-state index in [1.54, 1.807) is 0 Å². The first kappa shape index (κ1) is 7.40. The normalized spacial score (nSPS) is 23.0. The maximum atomic E-state index is 11.4. The number of allylic oxidation sites excluding steroid dienone is 3. The van der Waals surface area contributed by atoms with Crippen molar-refractivity contribution in [1.82, 2.24) is 5.32 Å². The smallest absolute Gasteiger partial charge is 0.160 e. The molecule has 2 rings (SSSR count). The van der Waals surface area contributed by atoms with E-state index in [-0.39, 0.29) is 5.78 Å². The zero-order valence-electron chi connectivity index (χ0n) is 6.89. The molecular formula is C9H12N2O. The van der Waals surface area contributed by atoms with Crippen LogP contribution in [0.3, 0.4) is 0 Å². The molecule has 0 fully saturated rings. The Kier molecular flexibility index (Phi) is 1.64. The minimum absolute atomic E-state index is 0.285. The molecule has 0 unspecified atom stereocenters. The Balaban J connectivity index is 2.27. The van der Waals surface area contributed by atoms with Crippen molar-refractivity contribution in [2.45, 2.75) is 25.7 Å². The number of dihydropyridines is 1. The minimum Gasteiger partial charge on any atom is -0.386 e. The molecule has 3 nitrogen and oxygen atoms in total. The summed E-state index contributed by atoms with van der Waals surface area (Å²) in [7, 11) is 0. The highest BCUT2D eigenvalue weighted by Crippen LogP contribution is 2.25. The van der Waals surface area contributed by atoms with Crippen molar-refractivity contribution in [2.75, 3.05) is 0 Å². The predicted octanol–water partition coefficient (Wildman–Crippen LogP) is 0.787. The van der Waals surface area contributed by atoms with Crippen LogP contribution in [-0.4, -0.2) is 5.78 Å². The average Bonchev–Trinajstić information content (AvgIpc) is 2.04. The lowest BCUT2D eigenvalue weighted by Gasteiger charge is -2.23. The van der Waals surface area contributed by atoms with E-state index in [0.29, 0.717) is 18.7 Å². The number of rotatable bonds is 0. The van der Waals surface area contributed by atoms with Crippen LogP contribution in [0, 0.1) is 0 Å². The second kappa shape index (κ2) is 2.66. The number of ketones is 1. The lowest BCUT2D eigenvalue weighted by molar-refractivity contribution is -0.116. The fourth-order valence-electron chi connectivity index (χ4n) is 1.71. The van der Waals surface area contributed by atoms with E-state index in [0.717, 1.165) is 24.1 Å². The van der Waals surface area contributed by atoms with Gasteiger partial charge in [-0.05, 0) is 25.3 Å². The number of hydrogen-bond donors (Lipinski definition) is 2. The average molecular weight is 164 g/mol. The van der Waals surface area contributed by atoms with Gasteiger partial charge in [-0.25, -0.2) is 0 Å². The van der Waals surface area contributed by atoms with Gasteiger partial charge in [0.25, 0.3) is 0 Å². The van der Waals surface area contributed by atoms with Crippen molar-refractivity contribution in [3.63, 3.8) is 0 Å².